The van der Waals surface area contributed by atoms with Gasteiger partial charge in [-0.25, -0.2) is 12.7 Å². The number of benzene rings is 1. The first-order valence-corrected chi connectivity index (χ1v) is 8.37. The molecule has 3 rings (SSSR count). The topological polar surface area (TPSA) is 98.7 Å². The van der Waals surface area contributed by atoms with E-state index in [-0.39, 0.29) is 16.7 Å². The third kappa shape index (κ3) is 2.79. The molecule has 0 atom stereocenters. The number of aromatic nitrogens is 2. The van der Waals surface area contributed by atoms with Crippen molar-refractivity contribution in [1.82, 2.24) is 14.4 Å². The normalized spacial score (nSPS) is 11.8. The van der Waals surface area contributed by atoms with E-state index in [1.54, 1.807) is 19.2 Å². The monoisotopic (exact) mass is 349 g/mol. The highest BCUT2D eigenvalue weighted by molar-refractivity contribution is 7.88. The Morgan fingerprint density at radius 3 is 2.58 bits per heavy atom. The summed E-state index contributed by atoms with van der Waals surface area (Å²) < 4.78 is 40.9. The summed E-state index contributed by atoms with van der Waals surface area (Å²) in [4.78, 5) is 4.24. The fourth-order valence-corrected chi connectivity index (χ4v) is 2.81. The Morgan fingerprint density at radius 1 is 1.12 bits per heavy atom. The zero-order valence-electron chi connectivity index (χ0n) is 13.3. The predicted octanol–water partition coefficient (Wildman–Crippen LogP) is 2.26. The number of ether oxygens (including phenoxy) is 1. The molecule has 0 bridgehead atoms. The third-order valence-electron chi connectivity index (χ3n) is 3.30. The van der Waals surface area contributed by atoms with Crippen molar-refractivity contribution in [3.05, 3.63) is 36.4 Å². The summed E-state index contributed by atoms with van der Waals surface area (Å²) in [5.74, 6) is 1.16. The predicted molar refractivity (Wildman–Crippen MR) is 84.9 cm³/mol. The largest absolute Gasteiger partial charge is 0.496 e. The summed E-state index contributed by atoms with van der Waals surface area (Å²) in [7, 11) is 0.724. The van der Waals surface area contributed by atoms with Gasteiger partial charge in [0.25, 0.3) is 15.9 Å². The van der Waals surface area contributed by atoms with Crippen LogP contribution in [0.1, 0.15) is 0 Å². The fraction of sp³-hybridized carbons (Fsp3) is 0.200. The van der Waals surface area contributed by atoms with Crippen molar-refractivity contribution in [1.29, 1.82) is 0 Å². The summed E-state index contributed by atoms with van der Waals surface area (Å²) in [6.07, 6.45) is 0. The molecule has 0 N–H and O–H groups in total. The van der Waals surface area contributed by atoms with Crippen molar-refractivity contribution >= 4 is 10.0 Å². The van der Waals surface area contributed by atoms with Gasteiger partial charge in [-0.2, -0.15) is 4.98 Å². The zero-order chi connectivity index (χ0) is 17.3. The third-order valence-corrected chi connectivity index (χ3v) is 4.99. The maximum Gasteiger partial charge on any atom is 0.294 e. The lowest BCUT2D eigenvalue weighted by molar-refractivity contribution is 0.392. The van der Waals surface area contributed by atoms with Gasteiger partial charge >= 0.3 is 0 Å². The van der Waals surface area contributed by atoms with Crippen LogP contribution in [0.2, 0.25) is 0 Å². The molecule has 2 heterocycles. The van der Waals surface area contributed by atoms with Crippen LogP contribution in [0.3, 0.4) is 0 Å². The molecule has 0 fully saturated rings. The Kier molecular flexibility index (Phi) is 4.12. The number of furan rings is 1. The highest BCUT2D eigenvalue weighted by atomic mass is 32.2. The van der Waals surface area contributed by atoms with Crippen molar-refractivity contribution < 1.29 is 22.1 Å². The molecule has 3 aromatic rings. The number of rotatable bonds is 5. The zero-order valence-corrected chi connectivity index (χ0v) is 14.1. The van der Waals surface area contributed by atoms with Gasteiger partial charge in [0.2, 0.25) is 10.9 Å². The molecule has 0 aliphatic heterocycles. The standard InChI is InChI=1S/C15H15N3O5S/c1-18(2)24(19,20)13-9-8-12(22-13)15-16-14(17-23-15)10-6-4-5-7-11(10)21-3/h4-9H,1-3H3. The van der Waals surface area contributed by atoms with E-state index >= 15 is 0 Å². The number of methoxy groups -OCH3 is 1. The Balaban J connectivity index is 1.96. The Labute approximate surface area is 138 Å². The molecule has 0 amide bonds. The van der Waals surface area contributed by atoms with Gasteiger partial charge in [0.1, 0.15) is 5.75 Å². The van der Waals surface area contributed by atoms with Crippen LogP contribution in [0.4, 0.5) is 0 Å². The summed E-state index contributed by atoms with van der Waals surface area (Å²) in [6.45, 7) is 0. The molecule has 0 aliphatic carbocycles. The van der Waals surface area contributed by atoms with Crippen LogP contribution in [0.5, 0.6) is 5.75 Å². The van der Waals surface area contributed by atoms with Crippen LogP contribution in [0, 0.1) is 0 Å². The quantitative estimate of drug-likeness (QED) is 0.696. The minimum atomic E-state index is -3.66. The Morgan fingerprint density at radius 2 is 1.88 bits per heavy atom. The highest BCUT2D eigenvalue weighted by Gasteiger charge is 2.24. The summed E-state index contributed by atoms with van der Waals surface area (Å²) in [6, 6.07) is 10.0. The van der Waals surface area contributed by atoms with E-state index in [1.165, 1.54) is 26.2 Å². The van der Waals surface area contributed by atoms with Crippen LogP contribution < -0.4 is 4.74 Å². The minimum Gasteiger partial charge on any atom is -0.496 e. The van der Waals surface area contributed by atoms with Gasteiger partial charge in [-0.05, 0) is 24.3 Å². The first-order chi connectivity index (χ1) is 11.4. The van der Waals surface area contributed by atoms with Crippen LogP contribution >= 0.6 is 0 Å². The van der Waals surface area contributed by atoms with Crippen LogP contribution in [-0.4, -0.2) is 44.1 Å². The van der Waals surface area contributed by atoms with Crippen molar-refractivity contribution in [3.8, 4) is 28.8 Å². The number of para-hydroxylation sites is 1. The van der Waals surface area contributed by atoms with Gasteiger partial charge in [0.05, 0.1) is 12.7 Å². The molecule has 0 spiro atoms. The lowest BCUT2D eigenvalue weighted by Crippen LogP contribution is -2.21. The first kappa shape index (κ1) is 16.2. The van der Waals surface area contributed by atoms with Crippen molar-refractivity contribution in [2.45, 2.75) is 5.09 Å². The molecule has 0 saturated heterocycles. The van der Waals surface area contributed by atoms with E-state index in [0.717, 1.165) is 4.31 Å². The summed E-state index contributed by atoms with van der Waals surface area (Å²) >= 11 is 0. The SMILES string of the molecule is COc1ccccc1-c1noc(-c2ccc(S(=O)(=O)N(C)C)o2)n1. The molecule has 1 aromatic carbocycles. The highest BCUT2D eigenvalue weighted by Crippen LogP contribution is 2.30. The number of sulfonamides is 1. The van der Waals surface area contributed by atoms with Crippen LogP contribution in [-0.2, 0) is 10.0 Å². The van der Waals surface area contributed by atoms with Gasteiger partial charge in [0, 0.05) is 14.1 Å². The lowest BCUT2D eigenvalue weighted by Gasteiger charge is -2.07. The van der Waals surface area contributed by atoms with E-state index < -0.39 is 10.0 Å². The molecule has 24 heavy (non-hydrogen) atoms. The van der Waals surface area contributed by atoms with Gasteiger partial charge in [-0.3, -0.25) is 0 Å². The van der Waals surface area contributed by atoms with Crippen molar-refractivity contribution in [2.24, 2.45) is 0 Å². The van der Waals surface area contributed by atoms with Gasteiger partial charge in [-0.1, -0.05) is 17.3 Å². The van der Waals surface area contributed by atoms with Gasteiger partial charge in [-0.15, -0.1) is 0 Å². The van der Waals surface area contributed by atoms with E-state index in [0.29, 0.717) is 17.1 Å². The number of hydrogen-bond donors (Lipinski definition) is 0. The van der Waals surface area contributed by atoms with E-state index in [9.17, 15) is 8.42 Å². The maximum atomic E-state index is 12.0. The molecule has 9 heteroatoms. The van der Waals surface area contributed by atoms with E-state index in [2.05, 4.69) is 10.1 Å². The molecule has 8 nitrogen and oxygen atoms in total. The van der Waals surface area contributed by atoms with Crippen molar-refractivity contribution in [2.75, 3.05) is 21.2 Å². The van der Waals surface area contributed by atoms with E-state index in [1.807, 2.05) is 12.1 Å². The first-order valence-electron chi connectivity index (χ1n) is 6.93. The average molecular weight is 349 g/mol. The molecular weight excluding hydrogens is 334 g/mol. The maximum absolute atomic E-state index is 12.0. The van der Waals surface area contributed by atoms with Crippen molar-refractivity contribution in [3.63, 3.8) is 0 Å². The van der Waals surface area contributed by atoms with E-state index in [4.69, 9.17) is 13.7 Å². The fourth-order valence-electron chi connectivity index (χ4n) is 2.02. The van der Waals surface area contributed by atoms with Crippen LogP contribution in [0.15, 0.2) is 50.4 Å². The summed E-state index contributed by atoms with van der Waals surface area (Å²) in [5.41, 5.74) is 0.655. The molecule has 0 unspecified atom stereocenters. The molecule has 0 aliphatic rings. The second kappa shape index (κ2) is 6.10. The molecule has 0 radical (unpaired) electrons. The Hall–Kier alpha value is -2.65. The lowest BCUT2D eigenvalue weighted by atomic mass is 10.2. The number of nitrogens with zero attached hydrogens (tertiary/aromatic N) is 3. The number of hydrogen-bond acceptors (Lipinski definition) is 7. The van der Waals surface area contributed by atoms with Crippen LogP contribution in [0.25, 0.3) is 23.0 Å². The van der Waals surface area contributed by atoms with Gasteiger partial charge in [0.15, 0.2) is 5.76 Å². The smallest absolute Gasteiger partial charge is 0.294 e. The molecular formula is C15H15N3O5S. The molecule has 0 saturated carbocycles. The summed E-state index contributed by atoms with van der Waals surface area (Å²) in [5, 5.41) is 3.70. The molecule has 126 valence electrons. The second-order valence-electron chi connectivity index (χ2n) is 5.03. The molecule has 2 aromatic heterocycles. The Bertz CT molecular complexity index is 959. The minimum absolute atomic E-state index is 0.0797. The average Bonchev–Trinajstić information content (AvgIpc) is 3.23. The second-order valence-corrected chi connectivity index (χ2v) is 7.11. The van der Waals surface area contributed by atoms with Gasteiger partial charge < -0.3 is 13.7 Å².